The van der Waals surface area contributed by atoms with Crippen LogP contribution in [0.2, 0.25) is 0 Å². The summed E-state index contributed by atoms with van der Waals surface area (Å²) in [5.41, 5.74) is 2.19. The Labute approximate surface area is 142 Å². The Morgan fingerprint density at radius 1 is 1.52 bits per heavy atom. The molecule has 1 aromatic rings. The van der Waals surface area contributed by atoms with Crippen molar-refractivity contribution in [3.05, 3.63) is 58.4 Å². The molecule has 0 aromatic carbocycles. The first kappa shape index (κ1) is 17.6. The molecule has 0 aliphatic carbocycles. The number of anilines is 1. The van der Waals surface area contributed by atoms with E-state index >= 15 is 0 Å². The molecule has 0 unspecified atom stereocenters. The van der Waals surface area contributed by atoms with Crippen molar-refractivity contribution in [3.63, 3.8) is 0 Å². The van der Waals surface area contributed by atoms with Gasteiger partial charge in [-0.15, -0.1) is 0 Å². The van der Waals surface area contributed by atoms with E-state index in [1.54, 1.807) is 29.3 Å². The second-order valence-electron chi connectivity index (χ2n) is 4.31. The van der Waals surface area contributed by atoms with E-state index in [0.29, 0.717) is 11.6 Å². The van der Waals surface area contributed by atoms with Gasteiger partial charge in [-0.1, -0.05) is 0 Å². The second kappa shape index (κ2) is 9.46. The average Bonchev–Trinajstić information content (AvgIpc) is 2.45. The summed E-state index contributed by atoms with van der Waals surface area (Å²) in [7, 11) is 0. The van der Waals surface area contributed by atoms with Gasteiger partial charge >= 0.3 is 128 Å². The van der Waals surface area contributed by atoms with E-state index in [1.165, 1.54) is 0 Å². The molecular weight excluding hydrogens is 369 g/mol. The fraction of sp³-hybridized carbons (Fsp3) is 0.188. The number of hydrogen-bond donors (Lipinski definition) is 1. The van der Waals surface area contributed by atoms with Crippen molar-refractivity contribution in [2.45, 2.75) is 19.9 Å². The molecule has 0 bridgehead atoms. The normalized spacial score (nSPS) is 12.0. The van der Waals surface area contributed by atoms with Crippen LogP contribution in [0.5, 0.6) is 0 Å². The van der Waals surface area contributed by atoms with E-state index in [2.05, 4.69) is 67.8 Å². The van der Waals surface area contributed by atoms with Crippen molar-refractivity contribution in [1.82, 2.24) is 4.98 Å². The molecule has 0 saturated carbocycles. The molecule has 0 aliphatic rings. The van der Waals surface area contributed by atoms with Crippen LogP contribution in [0, 0.1) is 23.5 Å². The molecule has 1 heterocycles. The van der Waals surface area contributed by atoms with Crippen LogP contribution in [-0.2, 0) is 15.6 Å². The minimum atomic E-state index is 0.337. The Morgan fingerprint density at radius 3 is 2.90 bits per heavy atom. The molecule has 21 heavy (non-hydrogen) atoms. The topological polar surface area (TPSA) is 48.7 Å². The molecule has 3 nitrogen and oxygen atoms in total. The third-order valence-electron chi connectivity index (χ3n) is 2.20. The monoisotopic (exact) mass is 382 g/mol. The number of aromatic nitrogens is 1. The molecule has 5 heteroatoms. The molecule has 1 aromatic heterocycles. The van der Waals surface area contributed by atoms with Gasteiger partial charge in [-0.2, -0.15) is 0 Å². The Kier molecular flexibility index (Phi) is 7.92. The molecule has 1 rings (SSSR count). The second-order valence-corrected chi connectivity index (χ2v) is 5.51. The summed E-state index contributed by atoms with van der Waals surface area (Å²) in [5.74, 6) is 0. The van der Waals surface area contributed by atoms with E-state index in [-0.39, 0.29) is 0 Å². The van der Waals surface area contributed by atoms with E-state index in [4.69, 9.17) is 5.26 Å². The molecule has 0 radical (unpaired) electrons. The Morgan fingerprint density at radius 2 is 2.29 bits per heavy atom. The van der Waals surface area contributed by atoms with Crippen LogP contribution in [0.15, 0.2) is 40.5 Å². The van der Waals surface area contributed by atoms with E-state index in [1.807, 2.05) is 12.1 Å². The molecule has 109 valence electrons. The Balaban J connectivity index is 2.77. The first-order valence-electron chi connectivity index (χ1n) is 6.20. The van der Waals surface area contributed by atoms with Crippen LogP contribution in [-0.4, -0.2) is 15.9 Å². The van der Waals surface area contributed by atoms with Crippen LogP contribution in [0.3, 0.4) is 0 Å². The summed E-state index contributed by atoms with van der Waals surface area (Å²) in [5, 5.41) is 12.0. The summed E-state index contributed by atoms with van der Waals surface area (Å²) in [4.78, 5) is 5.80. The van der Waals surface area contributed by atoms with Gasteiger partial charge in [-0.25, -0.2) is 0 Å². The van der Waals surface area contributed by atoms with E-state index in [0.717, 1.165) is 15.9 Å². The van der Waals surface area contributed by atoms with Gasteiger partial charge in [0.25, 0.3) is 0 Å². The third kappa shape index (κ3) is 6.68. The van der Waals surface area contributed by atoms with E-state index < -0.39 is 0 Å². The van der Waals surface area contributed by atoms with Crippen LogP contribution in [0.4, 0.5) is 5.69 Å². The van der Waals surface area contributed by atoms with Crippen molar-refractivity contribution < 1.29 is 15.6 Å². The summed E-state index contributed by atoms with van der Waals surface area (Å²) in [6, 6.07) is 4.26. The molecular formula is C16H14BrMnN3-2. The van der Waals surface area contributed by atoms with Crippen molar-refractivity contribution >= 4 is 26.5 Å². The van der Waals surface area contributed by atoms with Crippen LogP contribution < -0.4 is 5.32 Å². The molecule has 1 N–H and O–H groups in total. The quantitative estimate of drug-likeness (QED) is 0.354. The number of pyridine rings is 1. The Bertz CT molecular complexity index is 625. The number of allylic oxidation sites excluding steroid dienone is 5. The Hall–Kier alpha value is -1.47. The SMILES string of the molecule is CC(C)Nc1cc([C-]=CC=[C-]/C=C(/C#N)[CH]=[Mn])ncc1Br. The molecule has 0 amide bonds. The predicted octanol–water partition coefficient (Wildman–Crippen LogP) is 3.53. The molecule has 0 atom stereocenters. The molecule has 0 saturated heterocycles. The number of nitrogens with zero attached hydrogens (tertiary/aromatic N) is 2. The van der Waals surface area contributed by atoms with Crippen LogP contribution >= 0.6 is 15.9 Å². The predicted molar refractivity (Wildman–Crippen MR) is 85.2 cm³/mol. The van der Waals surface area contributed by atoms with Crippen LogP contribution in [0.25, 0.3) is 0 Å². The van der Waals surface area contributed by atoms with Gasteiger partial charge in [0.2, 0.25) is 0 Å². The van der Waals surface area contributed by atoms with Gasteiger partial charge in [0.05, 0.1) is 0 Å². The number of hydrogen-bond acceptors (Lipinski definition) is 3. The van der Waals surface area contributed by atoms with Crippen LogP contribution in [0.1, 0.15) is 19.5 Å². The van der Waals surface area contributed by atoms with E-state index in [9.17, 15) is 0 Å². The first-order valence-corrected chi connectivity index (χ1v) is 7.67. The number of nitriles is 1. The maximum absolute atomic E-state index is 8.71. The number of rotatable bonds is 6. The van der Waals surface area contributed by atoms with Gasteiger partial charge in [0, 0.05) is 0 Å². The summed E-state index contributed by atoms with van der Waals surface area (Å²) in [6.07, 6.45) is 12.6. The summed E-state index contributed by atoms with van der Waals surface area (Å²) < 4.78 is 0.915. The molecule has 0 fully saturated rings. The maximum atomic E-state index is 8.71. The zero-order valence-electron chi connectivity index (χ0n) is 11.7. The van der Waals surface area contributed by atoms with Gasteiger partial charge < -0.3 is 0 Å². The number of nitrogens with one attached hydrogen (secondary N) is 1. The fourth-order valence-electron chi connectivity index (χ4n) is 1.34. The van der Waals surface area contributed by atoms with Gasteiger partial charge in [-0.3, -0.25) is 0 Å². The van der Waals surface area contributed by atoms with Gasteiger partial charge in [-0.05, 0) is 13.8 Å². The van der Waals surface area contributed by atoms with Gasteiger partial charge in [0.1, 0.15) is 0 Å². The minimum absolute atomic E-state index is 0.337. The summed E-state index contributed by atoms with van der Waals surface area (Å²) in [6.45, 7) is 4.15. The zero-order valence-corrected chi connectivity index (χ0v) is 14.5. The zero-order chi connectivity index (χ0) is 15.7. The summed E-state index contributed by atoms with van der Waals surface area (Å²) >= 11 is 6.55. The van der Waals surface area contributed by atoms with Crippen molar-refractivity contribution in [1.29, 1.82) is 5.26 Å². The van der Waals surface area contributed by atoms with Crippen molar-refractivity contribution in [2.24, 2.45) is 0 Å². The number of halogens is 1. The third-order valence-corrected chi connectivity index (χ3v) is 3.19. The molecule has 0 spiro atoms. The standard InChI is InChI=1S/C16H14BrN3.Mn/c1-12(2)20-16-9-14(19-11-15(16)17)8-6-4-5-7-13(3)10-18;/h3-4,6-7,9,11-12H,1-2H3,(H,19,20);/q-2;/b13-7+;. The fourth-order valence-corrected chi connectivity index (χ4v) is 1.85. The van der Waals surface area contributed by atoms with Gasteiger partial charge in [0.15, 0.2) is 0 Å². The van der Waals surface area contributed by atoms with Crippen molar-refractivity contribution in [2.75, 3.05) is 5.32 Å². The van der Waals surface area contributed by atoms with Crippen molar-refractivity contribution in [3.8, 4) is 6.07 Å². The first-order chi connectivity index (χ1) is 10.1. The average molecular weight is 383 g/mol. The molecule has 0 aliphatic heterocycles.